The van der Waals surface area contributed by atoms with Crippen molar-refractivity contribution in [2.75, 3.05) is 13.2 Å². The lowest BCUT2D eigenvalue weighted by Crippen LogP contribution is -2.25. The molecule has 0 saturated heterocycles. The summed E-state index contributed by atoms with van der Waals surface area (Å²) < 4.78 is 0. The largest absolute Gasteiger partial charge is 0.396 e. The second-order valence-electron chi connectivity index (χ2n) is 5.21. The highest BCUT2D eigenvalue weighted by atomic mass is 16.3. The van der Waals surface area contributed by atoms with Crippen LogP contribution < -0.4 is 5.32 Å². The van der Waals surface area contributed by atoms with Crippen molar-refractivity contribution in [3.63, 3.8) is 0 Å². The molecule has 1 atom stereocenters. The van der Waals surface area contributed by atoms with Crippen molar-refractivity contribution in [2.45, 2.75) is 39.5 Å². The summed E-state index contributed by atoms with van der Waals surface area (Å²) in [6.45, 7) is 5.02. The molecule has 19 heavy (non-hydrogen) atoms. The van der Waals surface area contributed by atoms with Gasteiger partial charge in [0, 0.05) is 19.6 Å². The molecule has 0 radical (unpaired) electrons. The number of nitrogens with one attached hydrogen (secondary N) is 1. The Morgan fingerprint density at radius 2 is 2.11 bits per heavy atom. The summed E-state index contributed by atoms with van der Waals surface area (Å²) in [5.74, 6) is 0.434. The number of hydrogen-bond donors (Lipinski definition) is 2. The normalized spacial score (nSPS) is 12.2. The van der Waals surface area contributed by atoms with Crippen LogP contribution in [0.25, 0.3) is 0 Å². The van der Waals surface area contributed by atoms with E-state index in [9.17, 15) is 4.79 Å². The fourth-order valence-corrected chi connectivity index (χ4v) is 2.00. The first kappa shape index (κ1) is 15.7. The van der Waals surface area contributed by atoms with Gasteiger partial charge in [0.1, 0.15) is 0 Å². The molecule has 106 valence electrons. The molecule has 1 aromatic carbocycles. The molecule has 1 unspecified atom stereocenters. The van der Waals surface area contributed by atoms with Gasteiger partial charge >= 0.3 is 0 Å². The van der Waals surface area contributed by atoms with Gasteiger partial charge in [-0.05, 0) is 43.2 Å². The minimum Gasteiger partial charge on any atom is -0.396 e. The molecule has 0 aliphatic rings. The van der Waals surface area contributed by atoms with Crippen LogP contribution in [0.2, 0.25) is 0 Å². The van der Waals surface area contributed by atoms with Crippen LogP contribution in [0.4, 0.5) is 0 Å². The molecule has 3 nitrogen and oxygen atoms in total. The van der Waals surface area contributed by atoms with Crippen molar-refractivity contribution in [1.82, 2.24) is 5.32 Å². The maximum absolute atomic E-state index is 11.7. The van der Waals surface area contributed by atoms with Gasteiger partial charge in [0.15, 0.2) is 0 Å². The fraction of sp³-hybridized carbons (Fsp3) is 0.562. The Labute approximate surface area is 116 Å². The highest BCUT2D eigenvalue weighted by Crippen LogP contribution is 2.09. The van der Waals surface area contributed by atoms with Gasteiger partial charge in [0.25, 0.3) is 0 Å². The summed E-state index contributed by atoms with van der Waals surface area (Å²) in [7, 11) is 0. The van der Waals surface area contributed by atoms with Crippen molar-refractivity contribution in [1.29, 1.82) is 0 Å². The van der Waals surface area contributed by atoms with Crippen LogP contribution in [0.1, 0.15) is 37.3 Å². The Hall–Kier alpha value is -1.35. The molecule has 1 aromatic rings. The lowest BCUT2D eigenvalue weighted by molar-refractivity contribution is -0.121. The molecule has 3 heteroatoms. The smallest absolute Gasteiger partial charge is 0.220 e. The zero-order valence-electron chi connectivity index (χ0n) is 12.0. The van der Waals surface area contributed by atoms with Crippen LogP contribution in [-0.4, -0.2) is 24.2 Å². The number of aryl methyl sites for hydroxylation is 2. The zero-order valence-corrected chi connectivity index (χ0v) is 12.0. The Bertz CT molecular complexity index is 390. The first-order valence-corrected chi connectivity index (χ1v) is 7.05. The van der Waals surface area contributed by atoms with Gasteiger partial charge in [-0.25, -0.2) is 0 Å². The van der Waals surface area contributed by atoms with Crippen molar-refractivity contribution in [2.24, 2.45) is 5.92 Å². The minimum atomic E-state index is 0.111. The number of carbonyl (C=O) groups excluding carboxylic acids is 1. The SMILES string of the molecule is Cc1ccccc1CCC(=O)NCCCC(C)CO. The summed E-state index contributed by atoms with van der Waals surface area (Å²) in [5.41, 5.74) is 2.48. The van der Waals surface area contributed by atoms with E-state index in [1.54, 1.807) is 0 Å². The zero-order chi connectivity index (χ0) is 14.1. The molecular formula is C16H25NO2. The Morgan fingerprint density at radius 3 is 2.79 bits per heavy atom. The van der Waals surface area contributed by atoms with E-state index >= 15 is 0 Å². The van der Waals surface area contributed by atoms with E-state index in [2.05, 4.69) is 24.4 Å². The van der Waals surface area contributed by atoms with Crippen molar-refractivity contribution in [3.8, 4) is 0 Å². The molecule has 1 amide bonds. The highest BCUT2D eigenvalue weighted by Gasteiger charge is 2.04. The third kappa shape index (κ3) is 6.39. The molecule has 0 aromatic heterocycles. The van der Waals surface area contributed by atoms with Gasteiger partial charge in [0.05, 0.1) is 0 Å². The summed E-state index contributed by atoms with van der Waals surface area (Å²) in [6.07, 6.45) is 3.22. The van der Waals surface area contributed by atoms with E-state index < -0.39 is 0 Å². The van der Waals surface area contributed by atoms with Gasteiger partial charge in [-0.1, -0.05) is 31.2 Å². The van der Waals surface area contributed by atoms with Gasteiger partial charge in [-0.3, -0.25) is 4.79 Å². The maximum Gasteiger partial charge on any atom is 0.220 e. The monoisotopic (exact) mass is 263 g/mol. The predicted octanol–water partition coefficient (Wildman–Crippen LogP) is 2.45. The van der Waals surface area contributed by atoms with E-state index in [0.717, 1.165) is 19.3 Å². The number of hydrogen-bond acceptors (Lipinski definition) is 2. The van der Waals surface area contributed by atoms with Crippen LogP contribution in [0, 0.1) is 12.8 Å². The first-order valence-electron chi connectivity index (χ1n) is 7.05. The second kappa shape index (κ2) is 8.70. The van der Waals surface area contributed by atoms with E-state index in [0.29, 0.717) is 18.9 Å². The lowest BCUT2D eigenvalue weighted by Gasteiger charge is -2.09. The molecule has 0 aliphatic carbocycles. The molecule has 0 fully saturated rings. The van der Waals surface area contributed by atoms with Crippen molar-refractivity contribution in [3.05, 3.63) is 35.4 Å². The average Bonchev–Trinajstić information content (AvgIpc) is 2.42. The van der Waals surface area contributed by atoms with Gasteiger partial charge in [0.2, 0.25) is 5.91 Å². The number of amides is 1. The number of benzene rings is 1. The second-order valence-corrected chi connectivity index (χ2v) is 5.21. The summed E-state index contributed by atoms with van der Waals surface area (Å²) in [4.78, 5) is 11.7. The molecule has 1 rings (SSSR count). The van der Waals surface area contributed by atoms with Gasteiger partial charge in [-0.2, -0.15) is 0 Å². The molecular weight excluding hydrogens is 238 g/mol. The average molecular weight is 263 g/mol. The Morgan fingerprint density at radius 1 is 1.37 bits per heavy atom. The molecule has 0 saturated carbocycles. The first-order chi connectivity index (χ1) is 9.13. The molecule has 0 aliphatic heterocycles. The molecule has 0 heterocycles. The van der Waals surface area contributed by atoms with Crippen LogP contribution in [-0.2, 0) is 11.2 Å². The molecule has 0 spiro atoms. The van der Waals surface area contributed by atoms with Crippen molar-refractivity contribution >= 4 is 5.91 Å². The maximum atomic E-state index is 11.7. The van der Waals surface area contributed by atoms with E-state index in [4.69, 9.17) is 5.11 Å². The number of aliphatic hydroxyl groups excluding tert-OH is 1. The van der Waals surface area contributed by atoms with Crippen LogP contribution in [0.3, 0.4) is 0 Å². The van der Waals surface area contributed by atoms with Crippen LogP contribution in [0.5, 0.6) is 0 Å². The third-order valence-corrected chi connectivity index (χ3v) is 3.39. The number of aliphatic hydroxyl groups is 1. The number of rotatable bonds is 8. The molecule has 2 N–H and O–H groups in total. The van der Waals surface area contributed by atoms with E-state index in [-0.39, 0.29) is 12.5 Å². The van der Waals surface area contributed by atoms with E-state index in [1.807, 2.05) is 19.1 Å². The van der Waals surface area contributed by atoms with Crippen molar-refractivity contribution < 1.29 is 9.90 Å². The summed E-state index contributed by atoms with van der Waals surface area (Å²) >= 11 is 0. The third-order valence-electron chi connectivity index (χ3n) is 3.39. The Kier molecular flexibility index (Phi) is 7.19. The lowest BCUT2D eigenvalue weighted by atomic mass is 10.0. The summed E-state index contributed by atoms with van der Waals surface area (Å²) in [5, 5.41) is 11.8. The van der Waals surface area contributed by atoms with E-state index in [1.165, 1.54) is 11.1 Å². The quantitative estimate of drug-likeness (QED) is 0.708. The fourth-order valence-electron chi connectivity index (χ4n) is 2.00. The van der Waals surface area contributed by atoms with Crippen LogP contribution >= 0.6 is 0 Å². The summed E-state index contributed by atoms with van der Waals surface area (Å²) in [6, 6.07) is 8.17. The standard InChI is InChI=1S/C16H25NO2/c1-13(12-18)6-5-11-17-16(19)10-9-15-8-4-3-7-14(15)2/h3-4,7-8,13,18H,5-6,9-12H2,1-2H3,(H,17,19). The predicted molar refractivity (Wildman–Crippen MR) is 78.0 cm³/mol. The van der Waals surface area contributed by atoms with Gasteiger partial charge < -0.3 is 10.4 Å². The highest BCUT2D eigenvalue weighted by molar-refractivity contribution is 5.76. The molecule has 0 bridgehead atoms. The van der Waals surface area contributed by atoms with Crippen LogP contribution in [0.15, 0.2) is 24.3 Å². The van der Waals surface area contributed by atoms with Gasteiger partial charge in [-0.15, -0.1) is 0 Å². The number of carbonyl (C=O) groups is 1. The topological polar surface area (TPSA) is 49.3 Å². The Balaban J connectivity index is 2.16. The minimum absolute atomic E-state index is 0.111.